The van der Waals surface area contributed by atoms with Crippen LogP contribution in [0.25, 0.3) is 10.2 Å². The first-order chi connectivity index (χ1) is 12.8. The van der Waals surface area contributed by atoms with Crippen LogP contribution in [-0.2, 0) is 37.4 Å². The summed E-state index contributed by atoms with van der Waals surface area (Å²) in [6, 6.07) is 7.13. The summed E-state index contributed by atoms with van der Waals surface area (Å²) in [7, 11) is 1.62. The molecule has 27 heavy (non-hydrogen) atoms. The van der Waals surface area contributed by atoms with Gasteiger partial charge < -0.3 is 24.7 Å². The molecule has 1 amide bonds. The van der Waals surface area contributed by atoms with Crippen molar-refractivity contribution >= 4 is 38.3 Å². The fourth-order valence-corrected chi connectivity index (χ4v) is 3.89. The minimum atomic E-state index is -0.241. The van der Waals surface area contributed by atoms with Crippen LogP contribution in [0.5, 0.6) is 5.75 Å². The minimum absolute atomic E-state index is 0. The molecule has 0 unspecified atom stereocenters. The van der Waals surface area contributed by atoms with Gasteiger partial charge in [-0.3, -0.25) is 4.79 Å². The Morgan fingerprint density at radius 3 is 2.85 bits per heavy atom. The van der Waals surface area contributed by atoms with Crippen LogP contribution in [0, 0.1) is 6.20 Å². The van der Waals surface area contributed by atoms with Crippen LogP contribution in [0.3, 0.4) is 0 Å². The fourth-order valence-electron chi connectivity index (χ4n) is 2.87. The van der Waals surface area contributed by atoms with E-state index in [-0.39, 0.29) is 38.6 Å². The van der Waals surface area contributed by atoms with Crippen molar-refractivity contribution in [2.24, 2.45) is 0 Å². The van der Waals surface area contributed by atoms with Crippen LogP contribution in [-0.4, -0.2) is 49.3 Å². The summed E-state index contributed by atoms with van der Waals surface area (Å²) < 4.78 is 11.9. The zero-order valence-electron chi connectivity index (χ0n) is 14.8. The van der Waals surface area contributed by atoms with Gasteiger partial charge in [0.1, 0.15) is 11.3 Å². The number of hydrogen-bond acceptors (Lipinski definition) is 7. The molecule has 4 rings (SSSR count). The normalized spacial score (nSPS) is 13.9. The van der Waals surface area contributed by atoms with Crippen molar-refractivity contribution in [3.63, 3.8) is 0 Å². The average molecular weight is 458 g/mol. The molecule has 3 heterocycles. The number of thiazole rings is 1. The molecule has 1 aliphatic heterocycles. The summed E-state index contributed by atoms with van der Waals surface area (Å²) >= 11 is 1.44. The number of ether oxygens (including phenoxy) is 2. The van der Waals surface area contributed by atoms with E-state index in [1.54, 1.807) is 19.2 Å². The molecule has 0 saturated carbocycles. The predicted molar refractivity (Wildman–Crippen MR) is 100 cm³/mol. The van der Waals surface area contributed by atoms with Gasteiger partial charge in [0.2, 0.25) is 5.91 Å². The Labute approximate surface area is 186 Å². The molecule has 0 bridgehead atoms. The molecule has 0 aliphatic carbocycles. The van der Waals surface area contributed by atoms with Gasteiger partial charge in [0.15, 0.2) is 5.13 Å². The van der Waals surface area contributed by atoms with Gasteiger partial charge in [-0.15, -0.1) is 12.1 Å². The summed E-state index contributed by atoms with van der Waals surface area (Å²) in [5, 5.41) is 3.38. The number of pyridine rings is 1. The Bertz CT molecular complexity index is 929. The predicted octanol–water partition coefficient (Wildman–Crippen LogP) is 2.59. The zero-order valence-corrected chi connectivity index (χ0v) is 18.4. The summed E-state index contributed by atoms with van der Waals surface area (Å²) in [5.41, 5.74) is 2.32. The number of nitrogens with zero attached hydrogens (tertiary/aromatic N) is 3. The molecule has 1 fully saturated rings. The van der Waals surface area contributed by atoms with Crippen molar-refractivity contribution in [2.45, 2.75) is 0 Å². The van der Waals surface area contributed by atoms with Crippen molar-refractivity contribution < 1.29 is 47.0 Å². The Hall–Kier alpha value is -1.61. The first-order valence-electron chi connectivity index (χ1n) is 8.20. The smallest absolute Gasteiger partial charge is 0.201 e. The molecule has 0 spiro atoms. The monoisotopic (exact) mass is 458 g/mol. The number of amides is 1. The van der Waals surface area contributed by atoms with Crippen molar-refractivity contribution in [1.82, 2.24) is 9.97 Å². The molecule has 9 heteroatoms. The number of aromatic nitrogens is 2. The van der Waals surface area contributed by atoms with Gasteiger partial charge in [0, 0.05) is 45.8 Å². The van der Waals surface area contributed by atoms with Crippen LogP contribution < -0.4 is 15.0 Å². The fraction of sp³-hybridized carbons (Fsp3) is 0.278. The van der Waals surface area contributed by atoms with E-state index in [1.165, 1.54) is 17.5 Å². The Kier molecular flexibility index (Phi) is 6.75. The zero-order chi connectivity index (χ0) is 17.9. The molecular formula is C18H17N4O3SY-. The van der Waals surface area contributed by atoms with E-state index in [0.29, 0.717) is 29.7 Å². The second-order valence-electron chi connectivity index (χ2n) is 5.71. The van der Waals surface area contributed by atoms with Crippen molar-refractivity contribution in [3.8, 4) is 5.75 Å². The Balaban J connectivity index is 0.00000210. The van der Waals surface area contributed by atoms with E-state index < -0.39 is 0 Å². The third kappa shape index (κ3) is 4.29. The van der Waals surface area contributed by atoms with Crippen LogP contribution in [0.15, 0.2) is 30.5 Å². The van der Waals surface area contributed by atoms with Crippen molar-refractivity contribution in [1.29, 1.82) is 0 Å². The molecule has 1 N–H and O–H groups in total. The number of morpholine rings is 1. The van der Waals surface area contributed by atoms with Crippen LogP contribution >= 0.6 is 11.3 Å². The maximum Gasteiger partial charge on any atom is 0.201 e. The van der Waals surface area contributed by atoms with E-state index >= 15 is 0 Å². The van der Waals surface area contributed by atoms with E-state index in [9.17, 15) is 4.79 Å². The average Bonchev–Trinajstić information content (AvgIpc) is 3.12. The number of nitrogens with one attached hydrogen (secondary N) is 1. The number of methoxy groups -OCH3 is 1. The molecule has 1 aromatic carbocycles. The standard InChI is InChI=1S/C18H17N4O3S.Y/c1-24-14-3-2-13(22-8-10-25-11-9-22)16-15(14)20-18(26-16)21-17(23)12-4-6-19-7-5-12;/h2-6H,8-11H2,1H3,(H,20,21,23);/q-1;. The van der Waals surface area contributed by atoms with Gasteiger partial charge in [-0.25, -0.2) is 4.98 Å². The molecule has 1 aliphatic rings. The number of rotatable bonds is 4. The minimum Gasteiger partial charge on any atom is -0.494 e. The number of anilines is 2. The second kappa shape index (κ2) is 9.06. The second-order valence-corrected chi connectivity index (χ2v) is 6.71. The number of benzene rings is 1. The SMILES string of the molecule is COc1ccc(N2CCOCC2)c2sc(NC(=O)c3c[c-]ncc3)nc12.[Y]. The van der Waals surface area contributed by atoms with E-state index in [0.717, 1.165) is 29.0 Å². The first-order valence-corrected chi connectivity index (χ1v) is 9.01. The molecule has 1 saturated heterocycles. The molecule has 1 radical (unpaired) electrons. The molecule has 7 nitrogen and oxygen atoms in total. The number of fused-ring (bicyclic) bond motifs is 1. The summed E-state index contributed by atoms with van der Waals surface area (Å²) in [4.78, 5) is 23.0. The maximum atomic E-state index is 12.4. The molecule has 3 aromatic rings. The molecular weight excluding hydrogens is 441 g/mol. The summed E-state index contributed by atoms with van der Waals surface area (Å²) in [6.07, 6.45) is 4.19. The largest absolute Gasteiger partial charge is 0.494 e. The molecule has 0 atom stereocenters. The number of hydrogen-bond donors (Lipinski definition) is 1. The van der Waals surface area contributed by atoms with Crippen LogP contribution in [0.4, 0.5) is 10.8 Å². The van der Waals surface area contributed by atoms with E-state index in [2.05, 4.69) is 26.4 Å². The van der Waals surface area contributed by atoms with Gasteiger partial charge >= 0.3 is 0 Å². The Morgan fingerprint density at radius 1 is 1.33 bits per heavy atom. The van der Waals surface area contributed by atoms with Gasteiger partial charge in [-0.05, 0) is 12.1 Å². The maximum absolute atomic E-state index is 12.4. The van der Waals surface area contributed by atoms with Crippen LogP contribution in [0.2, 0.25) is 0 Å². The van der Waals surface area contributed by atoms with E-state index in [1.807, 2.05) is 12.1 Å². The quantitative estimate of drug-likeness (QED) is 0.606. The van der Waals surface area contributed by atoms with Crippen LogP contribution in [0.1, 0.15) is 10.4 Å². The van der Waals surface area contributed by atoms with Crippen molar-refractivity contribution in [3.05, 3.63) is 42.2 Å². The van der Waals surface area contributed by atoms with Gasteiger partial charge in [-0.1, -0.05) is 29.3 Å². The van der Waals surface area contributed by atoms with Crippen molar-refractivity contribution in [2.75, 3.05) is 43.6 Å². The molecule has 137 valence electrons. The summed E-state index contributed by atoms with van der Waals surface area (Å²) in [5.74, 6) is 0.445. The molecule has 2 aromatic heterocycles. The first kappa shape index (κ1) is 20.1. The third-order valence-corrected chi connectivity index (χ3v) is 5.16. The topological polar surface area (TPSA) is 76.6 Å². The summed E-state index contributed by atoms with van der Waals surface area (Å²) in [6.45, 7) is 3.06. The van der Waals surface area contributed by atoms with E-state index in [4.69, 9.17) is 9.47 Å². The van der Waals surface area contributed by atoms with Gasteiger partial charge in [0.25, 0.3) is 0 Å². The van der Waals surface area contributed by atoms with Gasteiger partial charge in [-0.2, -0.15) is 0 Å². The Morgan fingerprint density at radius 2 is 2.15 bits per heavy atom. The third-order valence-electron chi connectivity index (χ3n) is 4.16. The van der Waals surface area contributed by atoms with Gasteiger partial charge in [0.05, 0.1) is 30.7 Å². The number of carbonyl (C=O) groups excluding carboxylic acids is 1. The number of carbonyl (C=O) groups is 1.